The van der Waals surface area contributed by atoms with Gasteiger partial charge in [-0.25, -0.2) is 4.98 Å². The van der Waals surface area contributed by atoms with Crippen LogP contribution >= 0.6 is 15.9 Å². The molecule has 2 rings (SSSR count). The molecular weight excluding hydrogens is 296 g/mol. The number of hydrogen-bond acceptors (Lipinski definition) is 3. The third kappa shape index (κ3) is 2.51. The number of nitrogens with zero attached hydrogens (tertiary/aromatic N) is 2. The molecule has 0 aliphatic heterocycles. The van der Waals surface area contributed by atoms with Crippen molar-refractivity contribution in [1.29, 1.82) is 0 Å². The lowest BCUT2D eigenvalue weighted by Crippen LogP contribution is -2.26. The summed E-state index contributed by atoms with van der Waals surface area (Å²) in [5, 5.41) is 9.22. The average Bonchev–Trinajstić information content (AvgIpc) is 2.38. The Labute approximate surface area is 113 Å². The molecule has 0 bridgehead atoms. The highest BCUT2D eigenvalue weighted by atomic mass is 79.9. The molecule has 0 spiro atoms. The van der Waals surface area contributed by atoms with Crippen molar-refractivity contribution in [2.75, 3.05) is 11.9 Å². The Morgan fingerprint density at radius 3 is 2.56 bits per heavy atom. The van der Waals surface area contributed by atoms with E-state index in [0.29, 0.717) is 15.9 Å². The first kappa shape index (κ1) is 12.6. The number of benzene rings is 1. The Hall–Kier alpha value is -1.88. The molecule has 1 amide bonds. The Bertz CT molecular complexity index is 569. The molecule has 0 fully saturated rings. The topological polar surface area (TPSA) is 53.4 Å². The van der Waals surface area contributed by atoms with Crippen molar-refractivity contribution in [3.63, 3.8) is 0 Å². The van der Waals surface area contributed by atoms with Gasteiger partial charge in [0.1, 0.15) is 10.4 Å². The molecule has 18 heavy (non-hydrogen) atoms. The zero-order valence-corrected chi connectivity index (χ0v) is 11.3. The van der Waals surface area contributed by atoms with Crippen LogP contribution < -0.4 is 4.90 Å². The van der Waals surface area contributed by atoms with Gasteiger partial charge in [-0.15, -0.1) is 0 Å². The van der Waals surface area contributed by atoms with Crippen LogP contribution in [0, 0.1) is 0 Å². The van der Waals surface area contributed by atoms with Crippen molar-refractivity contribution >= 4 is 27.5 Å². The minimum Gasteiger partial charge on any atom is -0.508 e. The van der Waals surface area contributed by atoms with E-state index in [-0.39, 0.29) is 11.7 Å². The maximum absolute atomic E-state index is 12.2. The van der Waals surface area contributed by atoms with E-state index in [1.165, 1.54) is 17.0 Å². The van der Waals surface area contributed by atoms with Crippen LogP contribution in [0.15, 0.2) is 47.2 Å². The van der Waals surface area contributed by atoms with Crippen LogP contribution in [0.4, 0.5) is 5.69 Å². The summed E-state index contributed by atoms with van der Waals surface area (Å²) in [5.74, 6) is 0.00261. The van der Waals surface area contributed by atoms with Crippen LogP contribution in [0.5, 0.6) is 5.75 Å². The van der Waals surface area contributed by atoms with E-state index in [0.717, 1.165) is 0 Å². The zero-order valence-electron chi connectivity index (χ0n) is 9.67. The van der Waals surface area contributed by atoms with Gasteiger partial charge in [0.25, 0.3) is 5.91 Å². The number of phenolic OH excluding ortho intramolecular Hbond substituents is 1. The van der Waals surface area contributed by atoms with E-state index in [1.807, 2.05) is 0 Å². The molecule has 1 aromatic carbocycles. The van der Waals surface area contributed by atoms with Crippen molar-refractivity contribution in [3.05, 3.63) is 52.8 Å². The first-order chi connectivity index (χ1) is 8.59. The van der Waals surface area contributed by atoms with Crippen molar-refractivity contribution < 1.29 is 9.90 Å². The van der Waals surface area contributed by atoms with Crippen molar-refractivity contribution in [2.24, 2.45) is 0 Å². The molecule has 0 atom stereocenters. The van der Waals surface area contributed by atoms with Crippen molar-refractivity contribution in [2.45, 2.75) is 0 Å². The molecule has 2 aromatic rings. The van der Waals surface area contributed by atoms with Gasteiger partial charge in [0.05, 0.1) is 5.56 Å². The van der Waals surface area contributed by atoms with E-state index in [1.54, 1.807) is 37.5 Å². The minimum atomic E-state index is -0.166. The summed E-state index contributed by atoms with van der Waals surface area (Å²) in [6.45, 7) is 0. The maximum atomic E-state index is 12.2. The van der Waals surface area contributed by atoms with E-state index in [4.69, 9.17) is 0 Å². The van der Waals surface area contributed by atoms with Crippen molar-refractivity contribution in [3.8, 4) is 5.75 Å². The third-order valence-corrected chi connectivity index (χ3v) is 3.16. The van der Waals surface area contributed by atoms with Crippen LogP contribution in [-0.4, -0.2) is 23.0 Å². The quantitative estimate of drug-likeness (QED) is 0.868. The third-order valence-electron chi connectivity index (χ3n) is 2.53. The number of pyridine rings is 1. The second-order valence-corrected chi connectivity index (χ2v) is 4.47. The predicted octanol–water partition coefficient (Wildman–Crippen LogP) is 2.83. The molecule has 92 valence electrons. The van der Waals surface area contributed by atoms with Gasteiger partial charge in [-0.3, -0.25) is 4.79 Å². The van der Waals surface area contributed by atoms with Gasteiger partial charge < -0.3 is 10.0 Å². The second-order valence-electron chi connectivity index (χ2n) is 3.72. The number of rotatable bonds is 2. The van der Waals surface area contributed by atoms with Crippen LogP contribution in [0.25, 0.3) is 0 Å². The number of amides is 1. The van der Waals surface area contributed by atoms with Gasteiger partial charge in [-0.2, -0.15) is 0 Å². The Balaban J connectivity index is 2.29. The van der Waals surface area contributed by atoms with Gasteiger partial charge in [0.2, 0.25) is 0 Å². The Morgan fingerprint density at radius 2 is 1.94 bits per heavy atom. The highest BCUT2D eigenvalue weighted by Gasteiger charge is 2.16. The van der Waals surface area contributed by atoms with Crippen LogP contribution in [-0.2, 0) is 0 Å². The van der Waals surface area contributed by atoms with Gasteiger partial charge >= 0.3 is 0 Å². The van der Waals surface area contributed by atoms with Crippen LogP contribution in [0.2, 0.25) is 0 Å². The molecule has 0 unspecified atom stereocenters. The van der Waals surface area contributed by atoms with E-state index in [2.05, 4.69) is 20.9 Å². The number of halogens is 1. The maximum Gasteiger partial charge on any atom is 0.260 e. The SMILES string of the molecule is CN(C(=O)c1cccnc1Br)c1ccc(O)cc1. The fourth-order valence-corrected chi connectivity index (χ4v) is 1.94. The number of phenols is 1. The number of aromatic hydroxyl groups is 1. The standard InChI is InChI=1S/C13H11BrN2O2/c1-16(9-4-6-10(17)7-5-9)13(18)11-3-2-8-15-12(11)14/h2-8,17H,1H3. The molecule has 0 saturated heterocycles. The first-order valence-electron chi connectivity index (χ1n) is 5.27. The number of aromatic nitrogens is 1. The summed E-state index contributed by atoms with van der Waals surface area (Å²) >= 11 is 3.25. The van der Waals surface area contributed by atoms with Gasteiger partial charge in [-0.05, 0) is 52.3 Å². The number of carbonyl (C=O) groups is 1. The fraction of sp³-hybridized carbons (Fsp3) is 0.0769. The van der Waals surface area contributed by atoms with Gasteiger partial charge in [-0.1, -0.05) is 0 Å². The molecule has 1 aromatic heterocycles. The normalized spacial score (nSPS) is 10.1. The monoisotopic (exact) mass is 306 g/mol. The highest BCUT2D eigenvalue weighted by Crippen LogP contribution is 2.21. The number of hydrogen-bond donors (Lipinski definition) is 1. The zero-order chi connectivity index (χ0) is 13.1. The first-order valence-corrected chi connectivity index (χ1v) is 6.06. The summed E-state index contributed by atoms with van der Waals surface area (Å²) in [4.78, 5) is 17.8. The van der Waals surface area contributed by atoms with Crippen LogP contribution in [0.1, 0.15) is 10.4 Å². The van der Waals surface area contributed by atoms with E-state index in [9.17, 15) is 9.90 Å². The van der Waals surface area contributed by atoms with Crippen molar-refractivity contribution in [1.82, 2.24) is 4.98 Å². The largest absolute Gasteiger partial charge is 0.508 e. The molecule has 1 heterocycles. The average molecular weight is 307 g/mol. The molecule has 1 N–H and O–H groups in total. The summed E-state index contributed by atoms with van der Waals surface area (Å²) in [7, 11) is 1.67. The molecule has 5 heteroatoms. The highest BCUT2D eigenvalue weighted by molar-refractivity contribution is 9.10. The van der Waals surface area contributed by atoms with E-state index >= 15 is 0 Å². The van der Waals surface area contributed by atoms with Gasteiger partial charge in [0, 0.05) is 18.9 Å². The van der Waals surface area contributed by atoms with Crippen LogP contribution in [0.3, 0.4) is 0 Å². The predicted molar refractivity (Wildman–Crippen MR) is 72.8 cm³/mol. The minimum absolute atomic E-state index is 0.166. The molecule has 0 saturated carbocycles. The smallest absolute Gasteiger partial charge is 0.260 e. The Kier molecular flexibility index (Phi) is 3.62. The molecular formula is C13H11BrN2O2. The lowest BCUT2D eigenvalue weighted by Gasteiger charge is -2.17. The number of anilines is 1. The molecule has 0 aliphatic rings. The summed E-state index contributed by atoms with van der Waals surface area (Å²) in [5.41, 5.74) is 1.20. The molecule has 4 nitrogen and oxygen atoms in total. The Morgan fingerprint density at radius 1 is 1.28 bits per heavy atom. The lowest BCUT2D eigenvalue weighted by molar-refractivity contribution is 0.0992. The summed E-state index contributed by atoms with van der Waals surface area (Å²) in [6, 6.07) is 9.85. The second kappa shape index (κ2) is 5.18. The van der Waals surface area contributed by atoms with Gasteiger partial charge in [0.15, 0.2) is 0 Å². The van der Waals surface area contributed by atoms with E-state index < -0.39 is 0 Å². The lowest BCUT2D eigenvalue weighted by atomic mass is 10.2. The fourth-order valence-electron chi connectivity index (χ4n) is 1.52. The number of carbonyl (C=O) groups excluding carboxylic acids is 1. The molecule has 0 aliphatic carbocycles. The summed E-state index contributed by atoms with van der Waals surface area (Å²) < 4.78 is 0.514. The molecule has 0 radical (unpaired) electrons. The summed E-state index contributed by atoms with van der Waals surface area (Å²) in [6.07, 6.45) is 1.61.